The van der Waals surface area contributed by atoms with Gasteiger partial charge in [-0.25, -0.2) is 9.59 Å². The zero-order valence-corrected chi connectivity index (χ0v) is 23.4. The van der Waals surface area contributed by atoms with Gasteiger partial charge in [-0.05, 0) is 37.1 Å². The highest BCUT2D eigenvalue weighted by atomic mass is 16.5. The van der Waals surface area contributed by atoms with Crippen molar-refractivity contribution in [2.45, 2.75) is 65.2 Å². The number of aliphatic carboxylic acids is 2. The summed E-state index contributed by atoms with van der Waals surface area (Å²) in [6.07, 6.45) is 5.82. The maximum absolute atomic E-state index is 11.0. The normalized spacial score (nSPS) is 9.85. The Hall–Kier alpha value is -3.06. The number of ether oxygens (including phenoxy) is 2. The second-order valence-electron chi connectivity index (χ2n) is 8.90. The van der Waals surface area contributed by atoms with E-state index in [1.807, 2.05) is 0 Å². The van der Waals surface area contributed by atoms with Crippen molar-refractivity contribution in [2.75, 3.05) is 40.6 Å². The lowest BCUT2D eigenvalue weighted by Crippen LogP contribution is -2.20. The summed E-state index contributed by atoms with van der Waals surface area (Å²) in [7, 11) is 2.60. The first kappa shape index (κ1) is 40.4. The smallest absolute Gasteiger partial charge is 0.337 e. The number of carboxylic acids is 2. The first-order chi connectivity index (χ1) is 18.3. The fraction of sp³-hybridized carbons (Fsp3) is 0.630. The average Bonchev–Trinajstić information content (AvgIpc) is 2.94. The van der Waals surface area contributed by atoms with Gasteiger partial charge in [0.05, 0.1) is 51.8 Å². The van der Waals surface area contributed by atoms with Crippen molar-refractivity contribution in [3.8, 4) is 0 Å². The van der Waals surface area contributed by atoms with Crippen LogP contribution in [0.3, 0.4) is 0 Å². The van der Waals surface area contributed by atoms with Gasteiger partial charge in [-0.3, -0.25) is 9.59 Å². The molecular formula is C27H46O12. The minimum atomic E-state index is -0.740. The molecule has 1 aromatic carbocycles. The number of hydrogen-bond acceptors (Lipinski definition) is 10. The number of carbonyl (C=O) groups excluding carboxylic acids is 2. The molecule has 0 aliphatic heterocycles. The van der Waals surface area contributed by atoms with E-state index in [-0.39, 0.29) is 44.7 Å². The van der Waals surface area contributed by atoms with Gasteiger partial charge in [-0.15, -0.1) is 0 Å². The maximum atomic E-state index is 11.0. The molecule has 0 radical (unpaired) electrons. The summed E-state index contributed by atoms with van der Waals surface area (Å²) in [6, 6.07) is 6.05. The Kier molecular flexibility index (Phi) is 27.5. The van der Waals surface area contributed by atoms with Crippen LogP contribution in [0.2, 0.25) is 0 Å². The molecule has 0 fully saturated rings. The van der Waals surface area contributed by atoms with Crippen molar-refractivity contribution in [2.24, 2.45) is 5.41 Å². The van der Waals surface area contributed by atoms with Gasteiger partial charge in [-0.1, -0.05) is 39.5 Å². The van der Waals surface area contributed by atoms with Crippen LogP contribution >= 0.6 is 0 Å². The Balaban J connectivity index is -0.000000487. The number of hydrogen-bond donors (Lipinski definition) is 6. The van der Waals surface area contributed by atoms with Crippen LogP contribution in [0.1, 0.15) is 85.9 Å². The molecule has 1 rings (SSSR count). The third-order valence-corrected chi connectivity index (χ3v) is 4.71. The Bertz CT molecular complexity index is 712. The second kappa shape index (κ2) is 26.5. The van der Waals surface area contributed by atoms with Crippen molar-refractivity contribution < 1.29 is 59.3 Å². The van der Waals surface area contributed by atoms with Crippen molar-refractivity contribution in [1.29, 1.82) is 0 Å². The van der Waals surface area contributed by atoms with Crippen LogP contribution in [0.5, 0.6) is 0 Å². The third-order valence-electron chi connectivity index (χ3n) is 4.71. The predicted octanol–water partition coefficient (Wildman–Crippen LogP) is 2.50. The number of rotatable bonds is 14. The van der Waals surface area contributed by atoms with Crippen molar-refractivity contribution in [3.05, 3.63) is 35.4 Å². The molecule has 39 heavy (non-hydrogen) atoms. The molecule has 1 aromatic rings. The molecule has 0 amide bonds. The van der Waals surface area contributed by atoms with E-state index in [0.29, 0.717) is 11.1 Å². The summed E-state index contributed by atoms with van der Waals surface area (Å²) in [4.78, 5) is 42.3. The minimum absolute atomic E-state index is 0.0451. The third kappa shape index (κ3) is 27.8. The fourth-order valence-corrected chi connectivity index (χ4v) is 2.29. The molecule has 226 valence electrons. The van der Waals surface area contributed by atoms with E-state index in [2.05, 4.69) is 9.47 Å². The van der Waals surface area contributed by atoms with Crippen molar-refractivity contribution in [1.82, 2.24) is 0 Å². The molecule has 12 heteroatoms. The molecule has 0 aliphatic rings. The van der Waals surface area contributed by atoms with E-state index in [4.69, 9.17) is 30.6 Å². The van der Waals surface area contributed by atoms with E-state index in [1.165, 1.54) is 38.5 Å². The molecule has 0 aromatic heterocycles. The van der Waals surface area contributed by atoms with Gasteiger partial charge in [0.15, 0.2) is 0 Å². The molecule has 0 bridgehead atoms. The average molecular weight is 563 g/mol. The molecule has 0 saturated carbocycles. The highest BCUT2D eigenvalue weighted by Gasteiger charge is 2.13. The molecule has 0 heterocycles. The zero-order chi connectivity index (χ0) is 30.7. The Morgan fingerprint density at radius 3 is 1.08 bits per heavy atom. The number of unbranched alkanes of at least 4 members (excludes halogenated alkanes) is 5. The van der Waals surface area contributed by atoms with Crippen LogP contribution in [0.25, 0.3) is 0 Å². The van der Waals surface area contributed by atoms with E-state index < -0.39 is 23.9 Å². The van der Waals surface area contributed by atoms with Gasteiger partial charge in [0.1, 0.15) is 0 Å². The Morgan fingerprint density at radius 2 is 0.897 bits per heavy atom. The first-order valence-electron chi connectivity index (χ1n) is 12.5. The van der Waals surface area contributed by atoms with Crippen LogP contribution in [0.4, 0.5) is 0 Å². The summed E-state index contributed by atoms with van der Waals surface area (Å²) in [6.45, 7) is 3.44. The summed E-state index contributed by atoms with van der Waals surface area (Å²) < 4.78 is 9.02. The lowest BCUT2D eigenvalue weighted by molar-refractivity contribution is -0.138. The molecule has 6 N–H and O–H groups in total. The van der Waals surface area contributed by atoms with Gasteiger partial charge in [0, 0.05) is 18.3 Å². The monoisotopic (exact) mass is 562 g/mol. The van der Waals surface area contributed by atoms with Gasteiger partial charge in [0.25, 0.3) is 0 Å². The zero-order valence-electron chi connectivity index (χ0n) is 23.4. The summed E-state index contributed by atoms with van der Waals surface area (Å²) in [5, 5.41) is 48.8. The van der Waals surface area contributed by atoms with E-state index in [0.717, 1.165) is 38.5 Å². The molecule has 12 nitrogen and oxygen atoms in total. The van der Waals surface area contributed by atoms with Crippen LogP contribution in [0.15, 0.2) is 24.3 Å². The van der Waals surface area contributed by atoms with Gasteiger partial charge in [0.2, 0.25) is 0 Å². The SMILES string of the molecule is CC(C)(CO)CO.COC(=O)c1ccc(C(=O)OC)cc1.O=C(O)CCCCCCCCC(=O)O.OCCO. The second-order valence-corrected chi connectivity index (χ2v) is 8.90. The van der Waals surface area contributed by atoms with E-state index in [9.17, 15) is 19.2 Å². The summed E-state index contributed by atoms with van der Waals surface area (Å²) in [5.41, 5.74) is 0.500. The highest BCUT2D eigenvalue weighted by Crippen LogP contribution is 2.10. The van der Waals surface area contributed by atoms with Crippen molar-refractivity contribution in [3.63, 3.8) is 0 Å². The largest absolute Gasteiger partial charge is 0.481 e. The van der Waals surface area contributed by atoms with Crippen LogP contribution in [0, 0.1) is 5.41 Å². The van der Waals surface area contributed by atoms with Gasteiger partial charge >= 0.3 is 23.9 Å². The minimum Gasteiger partial charge on any atom is -0.481 e. The number of esters is 2. The van der Waals surface area contributed by atoms with Crippen LogP contribution in [-0.2, 0) is 19.1 Å². The number of aliphatic hydroxyl groups is 4. The molecular weight excluding hydrogens is 516 g/mol. The van der Waals surface area contributed by atoms with Gasteiger partial charge in [-0.2, -0.15) is 0 Å². The molecule has 0 saturated heterocycles. The van der Waals surface area contributed by atoms with Crippen LogP contribution in [-0.4, -0.2) is 95.2 Å². The molecule has 0 atom stereocenters. The Labute approximate surface area is 230 Å². The topological polar surface area (TPSA) is 208 Å². The number of benzene rings is 1. The lowest BCUT2D eigenvalue weighted by atomic mass is 9.97. The summed E-state index contributed by atoms with van der Waals surface area (Å²) >= 11 is 0. The van der Waals surface area contributed by atoms with Gasteiger partial charge < -0.3 is 40.1 Å². The van der Waals surface area contributed by atoms with E-state index >= 15 is 0 Å². The Morgan fingerprint density at radius 1 is 0.615 bits per heavy atom. The lowest BCUT2D eigenvalue weighted by Gasteiger charge is -2.16. The molecule has 0 spiro atoms. The number of aliphatic hydroxyl groups excluding tert-OH is 4. The quantitative estimate of drug-likeness (QED) is 0.143. The molecule has 0 aliphatic carbocycles. The highest BCUT2D eigenvalue weighted by molar-refractivity contribution is 5.93. The van der Waals surface area contributed by atoms with Crippen molar-refractivity contribution >= 4 is 23.9 Å². The van der Waals surface area contributed by atoms with Crippen LogP contribution < -0.4 is 0 Å². The predicted molar refractivity (Wildman–Crippen MR) is 143 cm³/mol. The first-order valence-corrected chi connectivity index (χ1v) is 12.5. The maximum Gasteiger partial charge on any atom is 0.337 e. The molecule has 0 unspecified atom stereocenters. The number of carbonyl (C=O) groups is 4. The number of carboxylic acid groups (broad SMARTS) is 2. The summed E-state index contributed by atoms with van der Waals surface area (Å²) in [5.74, 6) is -2.34. The van der Waals surface area contributed by atoms with E-state index in [1.54, 1.807) is 13.8 Å². The standard InChI is InChI=1S/C10H10O4.C10H18O4.C5H12O2.C2H6O2/c1-13-9(11)7-3-5-8(6-4-7)10(12)14-2;11-9(12)7-5-3-1-2-4-6-8-10(13)14;1-5(2,3-6)4-7;3-1-2-4/h3-6H,1-2H3;1-8H2,(H,11,12)(H,13,14);6-7H,3-4H2,1-2H3;3-4H,1-2H2. The fourth-order valence-electron chi connectivity index (χ4n) is 2.29. The number of methoxy groups -OCH3 is 2.